The third-order valence-electron chi connectivity index (χ3n) is 4.81. The molecule has 0 spiro atoms. The Kier molecular flexibility index (Phi) is 6.15. The predicted octanol–water partition coefficient (Wildman–Crippen LogP) is 3.50. The molecule has 2 heterocycles. The molecule has 0 aliphatic carbocycles. The van der Waals surface area contributed by atoms with Gasteiger partial charge in [0.15, 0.2) is 6.73 Å². The maximum Gasteiger partial charge on any atom is 0.287 e. The lowest BCUT2D eigenvalue weighted by Gasteiger charge is -2.28. The molecule has 9 heteroatoms. The van der Waals surface area contributed by atoms with E-state index in [0.717, 1.165) is 5.56 Å². The Hall–Kier alpha value is -2.71. The number of hydrogen-bond donors (Lipinski definition) is 1. The van der Waals surface area contributed by atoms with Gasteiger partial charge < -0.3 is 19.7 Å². The normalized spacial score (nSPS) is 18.1. The number of fused-ring (bicyclic) bond motifs is 1. The molecular weight excluding hydrogens is 428 g/mol. The summed E-state index contributed by atoms with van der Waals surface area (Å²) in [5.74, 6) is 1.15. The van der Waals surface area contributed by atoms with E-state index < -0.39 is 6.04 Å². The Bertz CT molecular complexity index is 982. The highest BCUT2D eigenvalue weighted by molar-refractivity contribution is 8.26. The molecule has 156 valence electrons. The van der Waals surface area contributed by atoms with Crippen molar-refractivity contribution in [3.8, 4) is 11.5 Å². The van der Waals surface area contributed by atoms with E-state index in [2.05, 4.69) is 5.32 Å². The van der Waals surface area contributed by atoms with E-state index in [0.29, 0.717) is 59.8 Å². The smallest absolute Gasteiger partial charge is 0.287 e. The number of carbonyl (C=O) groups excluding carboxylic acids is 3. The van der Waals surface area contributed by atoms with Crippen molar-refractivity contribution in [3.63, 3.8) is 0 Å². The molecule has 2 amide bonds. The summed E-state index contributed by atoms with van der Waals surface area (Å²) in [4.78, 5) is 37.1. The molecule has 1 N–H and O–H groups in total. The summed E-state index contributed by atoms with van der Waals surface area (Å²) in [5, 5.41) is 2.70. The lowest BCUT2D eigenvalue weighted by atomic mass is 10.1. The maximum atomic E-state index is 12.6. The quantitative estimate of drug-likeness (QED) is 0.655. The van der Waals surface area contributed by atoms with E-state index in [9.17, 15) is 14.4 Å². The van der Waals surface area contributed by atoms with Crippen LogP contribution in [0.5, 0.6) is 11.5 Å². The van der Waals surface area contributed by atoms with E-state index >= 15 is 0 Å². The fourth-order valence-electron chi connectivity index (χ4n) is 3.27. The van der Waals surface area contributed by atoms with Gasteiger partial charge in [-0.05, 0) is 42.3 Å². The van der Waals surface area contributed by atoms with Gasteiger partial charge >= 0.3 is 0 Å². The summed E-state index contributed by atoms with van der Waals surface area (Å²) in [6, 6.07) is 12.0. The fraction of sp³-hybridized carbons (Fsp3) is 0.286. The summed E-state index contributed by atoms with van der Waals surface area (Å²) < 4.78 is 11.4. The molecule has 2 aliphatic rings. The maximum absolute atomic E-state index is 12.6. The Labute approximate surface area is 182 Å². The van der Waals surface area contributed by atoms with Crippen LogP contribution in [-0.2, 0) is 11.2 Å². The van der Waals surface area contributed by atoms with Gasteiger partial charge in [-0.3, -0.25) is 14.4 Å². The molecule has 0 bridgehead atoms. The number of hydrogen-bond acceptors (Lipinski definition) is 6. The monoisotopic (exact) mass is 446 g/mol. The van der Waals surface area contributed by atoms with E-state index in [1.54, 1.807) is 23.1 Å². The van der Waals surface area contributed by atoms with Crippen molar-refractivity contribution >= 4 is 39.6 Å². The van der Waals surface area contributed by atoms with Crippen molar-refractivity contribution < 1.29 is 23.9 Å². The van der Waals surface area contributed by atoms with Gasteiger partial charge in [0.1, 0.15) is 17.5 Å². The highest BCUT2D eigenvalue weighted by Crippen LogP contribution is 2.28. The molecule has 2 aliphatic heterocycles. The first-order chi connectivity index (χ1) is 14.5. The van der Waals surface area contributed by atoms with Crippen LogP contribution in [0.4, 0.5) is 4.79 Å². The Balaban J connectivity index is 1.23. The highest BCUT2D eigenvalue weighted by atomic mass is 35.5. The summed E-state index contributed by atoms with van der Waals surface area (Å²) in [5.41, 5.74) is 1.41. The average molecular weight is 447 g/mol. The second-order valence-electron chi connectivity index (χ2n) is 6.94. The van der Waals surface area contributed by atoms with Gasteiger partial charge in [-0.1, -0.05) is 23.7 Å². The van der Waals surface area contributed by atoms with E-state index in [1.165, 1.54) is 0 Å². The first-order valence-corrected chi connectivity index (χ1v) is 10.6. The second-order valence-corrected chi connectivity index (χ2v) is 8.35. The zero-order chi connectivity index (χ0) is 21.1. The Morgan fingerprint density at radius 1 is 1.17 bits per heavy atom. The fourth-order valence-corrected chi connectivity index (χ4v) is 4.11. The summed E-state index contributed by atoms with van der Waals surface area (Å²) >= 11 is 6.69. The molecule has 2 aromatic carbocycles. The second kappa shape index (κ2) is 8.97. The van der Waals surface area contributed by atoms with Crippen molar-refractivity contribution in [1.29, 1.82) is 0 Å². The van der Waals surface area contributed by atoms with Gasteiger partial charge in [0.25, 0.3) is 11.1 Å². The van der Waals surface area contributed by atoms with Crippen molar-refractivity contribution in [3.05, 3.63) is 58.6 Å². The molecule has 7 nitrogen and oxygen atoms in total. The van der Waals surface area contributed by atoms with Crippen molar-refractivity contribution in [2.75, 3.05) is 19.9 Å². The molecule has 0 aromatic heterocycles. The minimum absolute atomic E-state index is 0.102. The van der Waals surface area contributed by atoms with Gasteiger partial charge in [-0.2, -0.15) is 0 Å². The molecule has 1 unspecified atom stereocenters. The minimum Gasteiger partial charge on any atom is -0.494 e. The van der Waals surface area contributed by atoms with Crippen LogP contribution >= 0.6 is 23.4 Å². The lowest BCUT2D eigenvalue weighted by molar-refractivity contribution is -0.112. The third kappa shape index (κ3) is 4.71. The van der Waals surface area contributed by atoms with Gasteiger partial charge in [0.05, 0.1) is 12.2 Å². The molecule has 0 radical (unpaired) electrons. The number of carbonyl (C=O) groups is 3. The van der Waals surface area contributed by atoms with Crippen LogP contribution < -0.4 is 14.8 Å². The SMILES string of the molecule is O=C1NC(Cc2ccc(OCCCN3COc4ccc(Cl)cc4C3=O)cc2)C(=O)S1. The highest BCUT2D eigenvalue weighted by Gasteiger charge is 2.31. The third-order valence-corrected chi connectivity index (χ3v) is 5.83. The summed E-state index contributed by atoms with van der Waals surface area (Å²) in [6.07, 6.45) is 1.10. The van der Waals surface area contributed by atoms with Crippen LogP contribution in [-0.4, -0.2) is 47.1 Å². The molecule has 2 aromatic rings. The number of thioether (sulfide) groups is 1. The lowest BCUT2D eigenvalue weighted by Crippen LogP contribution is -2.39. The number of ether oxygens (including phenoxy) is 2. The molecule has 30 heavy (non-hydrogen) atoms. The van der Waals surface area contributed by atoms with Gasteiger partial charge in [-0.25, -0.2) is 0 Å². The van der Waals surface area contributed by atoms with E-state index in [-0.39, 0.29) is 23.0 Å². The number of nitrogens with one attached hydrogen (secondary N) is 1. The number of benzene rings is 2. The van der Waals surface area contributed by atoms with Gasteiger partial charge in [0.2, 0.25) is 5.12 Å². The average Bonchev–Trinajstić information content (AvgIpc) is 3.05. The zero-order valence-electron chi connectivity index (χ0n) is 15.9. The summed E-state index contributed by atoms with van der Waals surface area (Å²) in [7, 11) is 0. The van der Waals surface area contributed by atoms with Crippen LogP contribution in [0, 0.1) is 0 Å². The van der Waals surface area contributed by atoms with Crippen molar-refractivity contribution in [2.24, 2.45) is 0 Å². The molecule has 1 saturated heterocycles. The van der Waals surface area contributed by atoms with E-state index in [1.807, 2.05) is 24.3 Å². The number of nitrogens with zero attached hydrogens (tertiary/aromatic N) is 1. The molecule has 4 rings (SSSR count). The van der Waals surface area contributed by atoms with Crippen molar-refractivity contribution in [1.82, 2.24) is 10.2 Å². The zero-order valence-corrected chi connectivity index (χ0v) is 17.5. The Morgan fingerprint density at radius 2 is 1.97 bits per heavy atom. The minimum atomic E-state index is -0.474. The molecule has 0 saturated carbocycles. The van der Waals surface area contributed by atoms with E-state index in [4.69, 9.17) is 21.1 Å². The first kappa shape index (κ1) is 20.6. The molecule has 1 atom stereocenters. The summed E-state index contributed by atoms with van der Waals surface area (Å²) in [6.45, 7) is 1.15. The standard InChI is InChI=1S/C21H19ClN2O5S/c22-14-4-7-18-16(11-14)19(25)24(12-29-18)8-1-9-28-15-5-2-13(3-6-15)10-17-20(26)30-21(27)23-17/h2-7,11,17H,1,8-10,12H2,(H,23,27). The van der Waals surface area contributed by atoms with Crippen LogP contribution in [0.3, 0.4) is 0 Å². The number of amides is 2. The van der Waals surface area contributed by atoms with Gasteiger partial charge in [-0.15, -0.1) is 0 Å². The number of rotatable bonds is 7. The van der Waals surface area contributed by atoms with Crippen LogP contribution in [0.15, 0.2) is 42.5 Å². The predicted molar refractivity (Wildman–Crippen MR) is 113 cm³/mol. The van der Waals surface area contributed by atoms with Crippen molar-refractivity contribution in [2.45, 2.75) is 18.9 Å². The van der Waals surface area contributed by atoms with Crippen LogP contribution in [0.2, 0.25) is 5.02 Å². The molecule has 1 fully saturated rings. The van der Waals surface area contributed by atoms with Crippen LogP contribution in [0.1, 0.15) is 22.3 Å². The molecular formula is C21H19ClN2O5S. The van der Waals surface area contributed by atoms with Crippen LogP contribution in [0.25, 0.3) is 0 Å². The Morgan fingerprint density at radius 3 is 2.70 bits per heavy atom. The largest absolute Gasteiger partial charge is 0.494 e. The topological polar surface area (TPSA) is 84.9 Å². The number of halogens is 1. The van der Waals surface area contributed by atoms with Gasteiger partial charge in [0, 0.05) is 29.8 Å². The first-order valence-electron chi connectivity index (χ1n) is 9.45.